The van der Waals surface area contributed by atoms with Crippen molar-refractivity contribution >= 4 is 15.9 Å². The maximum Gasteiger partial charge on any atom is 0.124 e. The van der Waals surface area contributed by atoms with Crippen LogP contribution in [0.15, 0.2) is 22.7 Å². The molecule has 1 nitrogen and oxygen atoms in total. The van der Waals surface area contributed by atoms with Gasteiger partial charge in [-0.2, -0.15) is 0 Å². The van der Waals surface area contributed by atoms with E-state index < -0.39 is 0 Å². The van der Waals surface area contributed by atoms with E-state index >= 15 is 0 Å². The van der Waals surface area contributed by atoms with E-state index in [2.05, 4.69) is 15.9 Å². The second-order valence-corrected chi connectivity index (χ2v) is 6.04. The van der Waals surface area contributed by atoms with E-state index in [0.29, 0.717) is 0 Å². The molecule has 1 unspecified atom stereocenters. The average Bonchev–Trinajstić information content (AvgIpc) is 2.67. The van der Waals surface area contributed by atoms with Gasteiger partial charge in [0.05, 0.1) is 0 Å². The maximum absolute atomic E-state index is 13.2. The van der Waals surface area contributed by atoms with Crippen LogP contribution in [0.5, 0.6) is 0 Å². The molecule has 17 heavy (non-hydrogen) atoms. The summed E-state index contributed by atoms with van der Waals surface area (Å²) in [5.41, 5.74) is 7.14. The Morgan fingerprint density at radius 1 is 1.29 bits per heavy atom. The SMILES string of the molecule is NC(Cc1cc(F)cc(Br)c1)CC1CCCC1. The van der Waals surface area contributed by atoms with Crippen molar-refractivity contribution in [3.63, 3.8) is 0 Å². The lowest BCUT2D eigenvalue weighted by atomic mass is 9.94. The molecule has 0 spiro atoms. The van der Waals surface area contributed by atoms with Crippen LogP contribution in [0, 0.1) is 11.7 Å². The summed E-state index contributed by atoms with van der Waals surface area (Å²) in [6.45, 7) is 0. The summed E-state index contributed by atoms with van der Waals surface area (Å²) < 4.78 is 14.0. The maximum atomic E-state index is 13.2. The number of hydrogen-bond donors (Lipinski definition) is 1. The highest BCUT2D eigenvalue weighted by molar-refractivity contribution is 9.10. The molecule has 1 aromatic rings. The fourth-order valence-electron chi connectivity index (χ4n) is 2.79. The lowest BCUT2D eigenvalue weighted by molar-refractivity contribution is 0.440. The Morgan fingerprint density at radius 3 is 2.65 bits per heavy atom. The molecule has 0 heterocycles. The molecule has 1 aliphatic rings. The smallest absolute Gasteiger partial charge is 0.124 e. The summed E-state index contributed by atoms with van der Waals surface area (Å²) in [5.74, 6) is 0.601. The van der Waals surface area contributed by atoms with Crippen LogP contribution in [0.4, 0.5) is 4.39 Å². The van der Waals surface area contributed by atoms with Gasteiger partial charge in [-0.3, -0.25) is 0 Å². The second kappa shape index (κ2) is 5.96. The van der Waals surface area contributed by atoms with Crippen molar-refractivity contribution in [2.75, 3.05) is 0 Å². The van der Waals surface area contributed by atoms with Crippen LogP contribution in [0.1, 0.15) is 37.7 Å². The topological polar surface area (TPSA) is 26.0 Å². The Bertz CT molecular complexity index is 354. The second-order valence-electron chi connectivity index (χ2n) is 5.13. The van der Waals surface area contributed by atoms with Gasteiger partial charge < -0.3 is 5.73 Å². The van der Waals surface area contributed by atoms with Crippen molar-refractivity contribution in [1.29, 1.82) is 0 Å². The zero-order valence-corrected chi connectivity index (χ0v) is 11.5. The first-order chi connectivity index (χ1) is 8.13. The van der Waals surface area contributed by atoms with Crippen molar-refractivity contribution in [1.82, 2.24) is 0 Å². The predicted octanol–water partition coefficient (Wildman–Crippen LogP) is 4.04. The average molecular weight is 300 g/mol. The molecule has 1 atom stereocenters. The monoisotopic (exact) mass is 299 g/mol. The molecule has 0 aromatic heterocycles. The minimum absolute atomic E-state index is 0.159. The highest BCUT2D eigenvalue weighted by Gasteiger charge is 2.18. The minimum atomic E-state index is -0.192. The number of halogens is 2. The van der Waals surface area contributed by atoms with Gasteiger partial charge in [0.2, 0.25) is 0 Å². The number of hydrogen-bond acceptors (Lipinski definition) is 1. The van der Waals surface area contributed by atoms with E-state index in [-0.39, 0.29) is 11.9 Å². The summed E-state index contributed by atoms with van der Waals surface area (Å²) >= 11 is 3.31. The highest BCUT2D eigenvalue weighted by Crippen LogP contribution is 2.29. The van der Waals surface area contributed by atoms with Crippen LogP contribution in [-0.4, -0.2) is 6.04 Å². The minimum Gasteiger partial charge on any atom is -0.327 e. The molecule has 0 saturated heterocycles. The van der Waals surface area contributed by atoms with Gasteiger partial charge in [0, 0.05) is 10.5 Å². The molecule has 0 aliphatic heterocycles. The number of benzene rings is 1. The van der Waals surface area contributed by atoms with Crippen LogP contribution in [0.3, 0.4) is 0 Å². The van der Waals surface area contributed by atoms with E-state index in [4.69, 9.17) is 5.73 Å². The van der Waals surface area contributed by atoms with E-state index in [9.17, 15) is 4.39 Å². The normalized spacial score (nSPS) is 18.5. The van der Waals surface area contributed by atoms with Gasteiger partial charge in [-0.05, 0) is 42.5 Å². The molecule has 0 radical (unpaired) electrons. The van der Waals surface area contributed by atoms with Crippen LogP contribution >= 0.6 is 15.9 Å². The van der Waals surface area contributed by atoms with Crippen LogP contribution in [0.25, 0.3) is 0 Å². The summed E-state index contributed by atoms with van der Waals surface area (Å²) in [4.78, 5) is 0. The van der Waals surface area contributed by atoms with Gasteiger partial charge in [0.25, 0.3) is 0 Å². The number of nitrogens with two attached hydrogens (primary N) is 1. The molecular weight excluding hydrogens is 281 g/mol. The van der Waals surface area contributed by atoms with Gasteiger partial charge in [0.1, 0.15) is 5.82 Å². The standard InChI is InChI=1S/C14H19BrFN/c15-12-5-11(6-13(16)9-12)8-14(17)7-10-3-1-2-4-10/h5-6,9-10,14H,1-4,7-8,17H2. The van der Waals surface area contributed by atoms with Crippen molar-refractivity contribution in [2.24, 2.45) is 11.7 Å². The van der Waals surface area contributed by atoms with Gasteiger partial charge in [-0.15, -0.1) is 0 Å². The lowest BCUT2D eigenvalue weighted by Gasteiger charge is -2.16. The Kier molecular flexibility index (Phi) is 4.57. The van der Waals surface area contributed by atoms with Crippen molar-refractivity contribution in [3.05, 3.63) is 34.1 Å². The fraction of sp³-hybridized carbons (Fsp3) is 0.571. The van der Waals surface area contributed by atoms with Crippen molar-refractivity contribution < 1.29 is 4.39 Å². The molecule has 2 rings (SSSR count). The van der Waals surface area contributed by atoms with E-state index in [1.165, 1.54) is 31.7 Å². The molecule has 1 aliphatic carbocycles. The Labute approximate surface area is 111 Å². The zero-order valence-electron chi connectivity index (χ0n) is 9.96. The molecule has 94 valence electrons. The van der Waals surface area contributed by atoms with Crippen molar-refractivity contribution in [2.45, 2.75) is 44.6 Å². The first-order valence-electron chi connectivity index (χ1n) is 6.34. The van der Waals surface area contributed by atoms with Crippen molar-refractivity contribution in [3.8, 4) is 0 Å². The molecule has 2 N–H and O–H groups in total. The molecule has 1 fully saturated rings. The molecule has 1 aromatic carbocycles. The third-order valence-electron chi connectivity index (χ3n) is 3.53. The fourth-order valence-corrected chi connectivity index (χ4v) is 3.30. The Hall–Kier alpha value is -0.410. The predicted molar refractivity (Wildman–Crippen MR) is 72.4 cm³/mol. The van der Waals surface area contributed by atoms with E-state index in [1.807, 2.05) is 6.07 Å². The highest BCUT2D eigenvalue weighted by atomic mass is 79.9. The van der Waals surface area contributed by atoms with Crippen LogP contribution in [-0.2, 0) is 6.42 Å². The van der Waals surface area contributed by atoms with E-state index in [1.54, 1.807) is 6.07 Å². The first-order valence-corrected chi connectivity index (χ1v) is 7.13. The summed E-state index contributed by atoms with van der Waals surface area (Å²) in [7, 11) is 0. The third kappa shape index (κ3) is 4.07. The third-order valence-corrected chi connectivity index (χ3v) is 3.99. The van der Waals surface area contributed by atoms with Crippen LogP contribution in [0.2, 0.25) is 0 Å². The molecule has 1 saturated carbocycles. The summed E-state index contributed by atoms with van der Waals surface area (Å²) in [6, 6.07) is 5.18. The Balaban J connectivity index is 1.90. The first kappa shape index (κ1) is 13.0. The van der Waals surface area contributed by atoms with Gasteiger partial charge in [0.15, 0.2) is 0 Å². The molecule has 3 heteroatoms. The zero-order chi connectivity index (χ0) is 12.3. The Morgan fingerprint density at radius 2 is 2.00 bits per heavy atom. The van der Waals surface area contributed by atoms with Gasteiger partial charge >= 0.3 is 0 Å². The van der Waals surface area contributed by atoms with Gasteiger partial charge in [-0.25, -0.2) is 4.39 Å². The largest absolute Gasteiger partial charge is 0.327 e. The summed E-state index contributed by atoms with van der Waals surface area (Å²) in [5, 5.41) is 0. The molecule has 0 amide bonds. The lowest BCUT2D eigenvalue weighted by Crippen LogP contribution is -2.25. The van der Waals surface area contributed by atoms with E-state index in [0.717, 1.165) is 28.8 Å². The molecule has 0 bridgehead atoms. The van der Waals surface area contributed by atoms with Crippen LogP contribution < -0.4 is 5.73 Å². The quantitative estimate of drug-likeness (QED) is 0.892. The summed E-state index contributed by atoms with van der Waals surface area (Å²) in [6.07, 6.45) is 7.19. The molecular formula is C14H19BrFN. The van der Waals surface area contributed by atoms with Gasteiger partial charge in [-0.1, -0.05) is 41.6 Å². The number of rotatable bonds is 4.